The monoisotopic (exact) mass is 486 g/mol. The minimum Gasteiger partial charge on any atom is -0.461 e. The summed E-state index contributed by atoms with van der Waals surface area (Å²) >= 11 is 0. The third-order valence-electron chi connectivity index (χ3n) is 7.87. The van der Waals surface area contributed by atoms with Gasteiger partial charge in [0.15, 0.2) is 0 Å². The number of esters is 1. The molecule has 4 heterocycles. The minimum atomic E-state index is -0.654. The summed E-state index contributed by atoms with van der Waals surface area (Å²) in [6.45, 7) is 9.61. The van der Waals surface area contributed by atoms with Crippen molar-refractivity contribution in [3.8, 4) is 0 Å². The van der Waals surface area contributed by atoms with Crippen molar-refractivity contribution in [2.45, 2.75) is 45.3 Å². The maximum absolute atomic E-state index is 15.6. The number of aliphatic hydroxyl groups is 1. The van der Waals surface area contributed by atoms with E-state index in [4.69, 9.17) is 4.74 Å². The molecule has 35 heavy (non-hydrogen) atoms. The normalized spacial score (nSPS) is 25.1. The van der Waals surface area contributed by atoms with Crippen LogP contribution >= 0.6 is 0 Å². The summed E-state index contributed by atoms with van der Waals surface area (Å²) < 4.78 is 23.0. The third kappa shape index (κ3) is 4.57. The van der Waals surface area contributed by atoms with E-state index < -0.39 is 17.2 Å². The Morgan fingerprint density at radius 1 is 1.23 bits per heavy atom. The van der Waals surface area contributed by atoms with E-state index in [0.29, 0.717) is 43.7 Å². The van der Waals surface area contributed by atoms with Gasteiger partial charge in [-0.3, -0.25) is 9.69 Å². The Morgan fingerprint density at radius 3 is 2.74 bits per heavy atom. The van der Waals surface area contributed by atoms with Gasteiger partial charge in [-0.05, 0) is 38.2 Å². The van der Waals surface area contributed by atoms with Gasteiger partial charge in [0.1, 0.15) is 18.0 Å². The van der Waals surface area contributed by atoms with Crippen molar-refractivity contribution >= 4 is 22.6 Å². The number of ether oxygens (including phenoxy) is 1. The first-order valence-electron chi connectivity index (χ1n) is 12.8. The molecule has 8 nitrogen and oxygen atoms in total. The largest absolute Gasteiger partial charge is 0.461 e. The summed E-state index contributed by atoms with van der Waals surface area (Å²) in [4.78, 5) is 30.5. The number of carbonyl (C=O) groups excluding carboxylic acids is 1. The molecule has 2 aromatic rings. The highest BCUT2D eigenvalue weighted by Gasteiger charge is 2.32. The smallest absolute Gasteiger partial charge is 0.343 e. The molecule has 2 N–H and O–H groups in total. The highest BCUT2D eigenvalue weighted by molar-refractivity contribution is 5.96. The number of piperidine rings is 1. The average Bonchev–Trinajstić information content (AvgIpc) is 2.85. The molecule has 190 valence electrons. The molecule has 0 amide bonds. The van der Waals surface area contributed by atoms with E-state index in [2.05, 4.69) is 17.1 Å². The Labute approximate surface area is 204 Å². The van der Waals surface area contributed by atoms with Gasteiger partial charge >= 0.3 is 5.97 Å². The van der Waals surface area contributed by atoms with E-state index >= 15 is 4.39 Å². The molecule has 3 aliphatic rings. The maximum atomic E-state index is 15.6. The number of nitrogens with one attached hydrogen (secondary N) is 1. The van der Waals surface area contributed by atoms with Crippen LogP contribution in [0.15, 0.2) is 17.1 Å². The number of nitrogens with zero attached hydrogens (tertiary/aromatic N) is 3. The second-order valence-corrected chi connectivity index (χ2v) is 10.3. The Kier molecular flexibility index (Phi) is 6.83. The molecule has 2 unspecified atom stereocenters. The summed E-state index contributed by atoms with van der Waals surface area (Å²) in [6, 6.07) is 1.36. The van der Waals surface area contributed by atoms with Crippen molar-refractivity contribution in [1.29, 1.82) is 0 Å². The second-order valence-electron chi connectivity index (χ2n) is 10.3. The Morgan fingerprint density at radius 2 is 2.00 bits per heavy atom. The van der Waals surface area contributed by atoms with Crippen LogP contribution in [0.5, 0.6) is 0 Å². The lowest BCUT2D eigenvalue weighted by Gasteiger charge is -2.38. The van der Waals surface area contributed by atoms with Crippen LogP contribution in [-0.2, 0) is 11.2 Å². The van der Waals surface area contributed by atoms with Gasteiger partial charge in [0.25, 0.3) is 0 Å². The second kappa shape index (κ2) is 9.87. The zero-order chi connectivity index (χ0) is 24.7. The Hall–Kier alpha value is -2.49. The van der Waals surface area contributed by atoms with Crippen LogP contribution in [0.1, 0.15) is 48.7 Å². The van der Waals surface area contributed by atoms with E-state index in [1.54, 1.807) is 6.20 Å². The predicted molar refractivity (Wildman–Crippen MR) is 133 cm³/mol. The van der Waals surface area contributed by atoms with Gasteiger partial charge in [-0.1, -0.05) is 6.92 Å². The van der Waals surface area contributed by atoms with Gasteiger partial charge in [0, 0.05) is 69.0 Å². The maximum Gasteiger partial charge on any atom is 0.343 e. The van der Waals surface area contributed by atoms with Crippen molar-refractivity contribution in [3.05, 3.63) is 39.4 Å². The molecule has 1 aromatic carbocycles. The van der Waals surface area contributed by atoms with Crippen molar-refractivity contribution in [2.24, 2.45) is 5.92 Å². The number of benzene rings is 1. The lowest BCUT2D eigenvalue weighted by molar-refractivity contribution is 0.0453. The molecule has 0 bridgehead atoms. The quantitative estimate of drug-likeness (QED) is 0.625. The molecule has 0 aliphatic carbocycles. The summed E-state index contributed by atoms with van der Waals surface area (Å²) in [6.07, 6.45) is 3.25. The zero-order valence-electron chi connectivity index (χ0n) is 20.6. The first kappa shape index (κ1) is 24.2. The van der Waals surface area contributed by atoms with Crippen LogP contribution in [0.4, 0.5) is 10.1 Å². The first-order chi connectivity index (χ1) is 16.8. The van der Waals surface area contributed by atoms with Gasteiger partial charge in [0.2, 0.25) is 5.43 Å². The topological polar surface area (TPSA) is 87.0 Å². The number of rotatable bonds is 5. The highest BCUT2D eigenvalue weighted by atomic mass is 19.1. The number of hydrogen-bond donors (Lipinski definition) is 2. The average molecular weight is 487 g/mol. The molecule has 2 saturated heterocycles. The fourth-order valence-electron chi connectivity index (χ4n) is 5.74. The van der Waals surface area contributed by atoms with Crippen LogP contribution < -0.4 is 15.6 Å². The molecular formula is C26H35FN4O4. The number of pyridine rings is 1. The third-order valence-corrected chi connectivity index (χ3v) is 7.87. The van der Waals surface area contributed by atoms with Gasteiger partial charge in [-0.25, -0.2) is 9.18 Å². The van der Waals surface area contributed by atoms with Gasteiger partial charge in [-0.2, -0.15) is 0 Å². The van der Waals surface area contributed by atoms with Crippen molar-refractivity contribution < 1.29 is 19.0 Å². The fraction of sp³-hybridized carbons (Fsp3) is 0.615. The van der Waals surface area contributed by atoms with Crippen LogP contribution in [0, 0.1) is 11.7 Å². The van der Waals surface area contributed by atoms with E-state index in [9.17, 15) is 14.7 Å². The lowest BCUT2D eigenvalue weighted by atomic mass is 9.91. The van der Waals surface area contributed by atoms with Crippen molar-refractivity contribution in [2.75, 3.05) is 57.3 Å². The van der Waals surface area contributed by atoms with E-state index in [0.717, 1.165) is 38.2 Å². The molecule has 3 atom stereocenters. The summed E-state index contributed by atoms with van der Waals surface area (Å²) in [5.41, 5.74) is 1.53. The number of piperazine rings is 1. The van der Waals surface area contributed by atoms with Crippen molar-refractivity contribution in [3.63, 3.8) is 0 Å². The molecule has 0 radical (unpaired) electrons. The summed E-state index contributed by atoms with van der Waals surface area (Å²) in [5, 5.41) is 13.7. The van der Waals surface area contributed by atoms with E-state index in [-0.39, 0.29) is 35.6 Å². The molecule has 0 saturated carbocycles. The number of aliphatic hydroxyl groups excluding tert-OH is 1. The number of halogens is 1. The number of carbonyl (C=O) groups is 1. The summed E-state index contributed by atoms with van der Waals surface area (Å²) in [5.74, 6) is -1.06. The standard InChI is InChI=1S/C26H35FN4O4/c1-16-14-30(8-5-22(16)32)24-18-4-3-17(2)31-15-20(25(33)19(23(18)31)13-21(24)27)26(34)35-12-11-29-9-6-28-7-10-29/h13,15-17,22,28,32H,3-12,14H2,1-2H3/t16?,17-,22?/m0/s1. The molecule has 5 rings (SSSR count). The molecule has 2 fully saturated rings. The lowest BCUT2D eigenvalue weighted by Crippen LogP contribution is -2.44. The van der Waals surface area contributed by atoms with Crippen molar-refractivity contribution in [1.82, 2.24) is 14.8 Å². The minimum absolute atomic E-state index is 0.0362. The molecule has 3 aliphatic heterocycles. The van der Waals surface area contributed by atoms with Gasteiger partial charge in [-0.15, -0.1) is 0 Å². The fourth-order valence-corrected chi connectivity index (χ4v) is 5.74. The predicted octanol–water partition coefficient (Wildman–Crippen LogP) is 1.92. The molecular weight excluding hydrogens is 451 g/mol. The number of aryl methyl sites for hydroxylation is 1. The van der Waals surface area contributed by atoms with Crippen LogP contribution in [0.2, 0.25) is 0 Å². The van der Waals surface area contributed by atoms with E-state index in [1.807, 2.05) is 16.4 Å². The van der Waals surface area contributed by atoms with Crippen LogP contribution in [-0.4, -0.2) is 79.1 Å². The van der Waals surface area contributed by atoms with E-state index in [1.165, 1.54) is 6.07 Å². The molecule has 0 spiro atoms. The zero-order valence-corrected chi connectivity index (χ0v) is 20.6. The number of aromatic nitrogens is 1. The highest BCUT2D eigenvalue weighted by Crippen LogP contribution is 2.39. The number of hydrogen-bond acceptors (Lipinski definition) is 7. The Bertz CT molecular complexity index is 1180. The van der Waals surface area contributed by atoms with Gasteiger partial charge < -0.3 is 24.6 Å². The number of anilines is 1. The SMILES string of the molecule is CC1CN(c2c(F)cc3c(=O)c(C(=O)OCCN4CCNCC4)cn4c3c2CC[C@@H]4C)CCC1O. The van der Waals surface area contributed by atoms with Crippen LogP contribution in [0.25, 0.3) is 10.9 Å². The Balaban J connectivity index is 1.48. The van der Waals surface area contributed by atoms with Gasteiger partial charge in [0.05, 0.1) is 17.3 Å². The summed E-state index contributed by atoms with van der Waals surface area (Å²) in [7, 11) is 0. The molecule has 1 aromatic heterocycles. The first-order valence-corrected chi connectivity index (χ1v) is 12.8. The molecule has 9 heteroatoms. The van der Waals surface area contributed by atoms with Crippen LogP contribution in [0.3, 0.4) is 0 Å².